The molecule has 2 nitrogen and oxygen atoms in total. The van der Waals surface area contributed by atoms with Gasteiger partial charge in [0.2, 0.25) is 0 Å². The van der Waals surface area contributed by atoms with Gasteiger partial charge in [-0.2, -0.15) is 0 Å². The molecule has 3 aromatic carbocycles. The van der Waals surface area contributed by atoms with Crippen LogP contribution in [0.15, 0.2) is 83.9 Å². The molecule has 3 heteroatoms. The molecular formula is C24H21ClN2. The van der Waals surface area contributed by atoms with E-state index in [0.717, 1.165) is 36.6 Å². The predicted octanol–water partition coefficient (Wildman–Crippen LogP) is 5.97. The van der Waals surface area contributed by atoms with E-state index in [1.807, 2.05) is 12.1 Å². The third-order valence-corrected chi connectivity index (χ3v) is 6.15. The molecule has 2 aliphatic rings. The molecule has 0 bridgehead atoms. The number of hydrogen-bond donors (Lipinski definition) is 0. The highest BCUT2D eigenvalue weighted by molar-refractivity contribution is 6.30. The van der Waals surface area contributed by atoms with Crippen LogP contribution in [0.5, 0.6) is 0 Å². The number of amidine groups is 1. The lowest BCUT2D eigenvalue weighted by atomic mass is 9.69. The van der Waals surface area contributed by atoms with Crippen LogP contribution in [0, 0.1) is 0 Å². The maximum atomic E-state index is 6.17. The molecular weight excluding hydrogens is 352 g/mol. The van der Waals surface area contributed by atoms with E-state index in [9.17, 15) is 0 Å². The zero-order chi connectivity index (χ0) is 18.3. The fraction of sp³-hybridized carbons (Fsp3) is 0.208. The first-order chi connectivity index (χ1) is 13.2. The minimum Gasteiger partial charge on any atom is -0.354 e. The van der Waals surface area contributed by atoms with Crippen molar-refractivity contribution in [3.05, 3.63) is 101 Å². The monoisotopic (exact) mass is 372 g/mol. The molecule has 0 N–H and O–H groups in total. The molecule has 0 atom stereocenters. The zero-order valence-electron chi connectivity index (χ0n) is 15.1. The van der Waals surface area contributed by atoms with E-state index in [0.29, 0.717) is 0 Å². The summed E-state index contributed by atoms with van der Waals surface area (Å²) in [4.78, 5) is 7.40. The summed E-state index contributed by atoms with van der Waals surface area (Å²) in [5.41, 5.74) is 5.04. The van der Waals surface area contributed by atoms with Crippen molar-refractivity contribution in [2.75, 3.05) is 6.54 Å². The number of benzene rings is 3. The Morgan fingerprint density at radius 2 is 1.52 bits per heavy atom. The van der Waals surface area contributed by atoms with Crippen molar-refractivity contribution in [1.82, 2.24) is 4.90 Å². The van der Waals surface area contributed by atoms with Crippen molar-refractivity contribution in [2.45, 2.75) is 24.8 Å². The topological polar surface area (TPSA) is 15.6 Å². The van der Waals surface area contributed by atoms with Crippen LogP contribution in [0.2, 0.25) is 5.02 Å². The standard InChI is InChI=1S/C24H21ClN2/c25-21-12-11-18-16-27-17-24(19-7-3-1-4-8-19,20-9-5-2-6-10-20)14-13-23(27)26-22(18)15-21/h1-12,15H,13-14,16-17H2. The second-order valence-electron chi connectivity index (χ2n) is 7.47. The number of halogens is 1. The fourth-order valence-corrected chi connectivity index (χ4v) is 4.69. The van der Waals surface area contributed by atoms with Gasteiger partial charge in [-0.3, -0.25) is 0 Å². The molecule has 0 spiro atoms. The van der Waals surface area contributed by atoms with E-state index in [1.165, 1.54) is 22.5 Å². The summed E-state index contributed by atoms with van der Waals surface area (Å²) in [6.07, 6.45) is 2.03. The summed E-state index contributed by atoms with van der Waals surface area (Å²) >= 11 is 6.17. The van der Waals surface area contributed by atoms with E-state index in [-0.39, 0.29) is 5.41 Å². The summed E-state index contributed by atoms with van der Waals surface area (Å²) in [6, 6.07) is 27.9. The maximum Gasteiger partial charge on any atom is 0.105 e. The highest BCUT2D eigenvalue weighted by atomic mass is 35.5. The normalized spacial score (nSPS) is 17.7. The number of piperidine rings is 1. The van der Waals surface area contributed by atoms with E-state index in [4.69, 9.17) is 16.6 Å². The highest BCUT2D eigenvalue weighted by Gasteiger charge is 2.41. The van der Waals surface area contributed by atoms with E-state index < -0.39 is 0 Å². The molecule has 2 heterocycles. The van der Waals surface area contributed by atoms with Gasteiger partial charge in [0, 0.05) is 29.9 Å². The minimum atomic E-state index is -0.00846. The highest BCUT2D eigenvalue weighted by Crippen LogP contribution is 2.43. The second kappa shape index (κ2) is 6.54. The Kier molecular flexibility index (Phi) is 4.02. The first-order valence-electron chi connectivity index (χ1n) is 9.47. The lowest BCUT2D eigenvalue weighted by Crippen LogP contribution is -2.50. The SMILES string of the molecule is Clc1ccc2c(c1)N=C1CCC(c3ccccc3)(c3ccccc3)CN1C2. The maximum absolute atomic E-state index is 6.17. The van der Waals surface area contributed by atoms with Gasteiger partial charge in [-0.1, -0.05) is 78.3 Å². The van der Waals surface area contributed by atoms with Crippen LogP contribution in [0.4, 0.5) is 5.69 Å². The lowest BCUT2D eigenvalue weighted by Gasteiger charge is -2.46. The molecule has 0 saturated carbocycles. The van der Waals surface area contributed by atoms with Crippen molar-refractivity contribution in [2.24, 2.45) is 4.99 Å². The van der Waals surface area contributed by atoms with Crippen LogP contribution >= 0.6 is 11.6 Å². The van der Waals surface area contributed by atoms with Crippen LogP contribution in [0.25, 0.3) is 0 Å². The van der Waals surface area contributed by atoms with Gasteiger partial charge >= 0.3 is 0 Å². The van der Waals surface area contributed by atoms with Gasteiger partial charge in [-0.05, 0) is 35.2 Å². The molecule has 1 fully saturated rings. The largest absolute Gasteiger partial charge is 0.354 e. The molecule has 1 saturated heterocycles. The molecule has 5 rings (SSSR count). The van der Waals surface area contributed by atoms with Gasteiger partial charge in [0.1, 0.15) is 5.84 Å². The lowest BCUT2D eigenvalue weighted by molar-refractivity contribution is 0.272. The van der Waals surface area contributed by atoms with Gasteiger partial charge in [-0.15, -0.1) is 0 Å². The van der Waals surface area contributed by atoms with Crippen molar-refractivity contribution < 1.29 is 0 Å². The zero-order valence-corrected chi connectivity index (χ0v) is 15.9. The van der Waals surface area contributed by atoms with E-state index in [1.54, 1.807) is 0 Å². The summed E-state index contributed by atoms with van der Waals surface area (Å²) in [6.45, 7) is 1.84. The van der Waals surface area contributed by atoms with Crippen molar-refractivity contribution in [1.29, 1.82) is 0 Å². The van der Waals surface area contributed by atoms with Crippen LogP contribution in [0.1, 0.15) is 29.5 Å². The third kappa shape index (κ3) is 2.85. The minimum absolute atomic E-state index is 0.00846. The van der Waals surface area contributed by atoms with Gasteiger partial charge in [0.15, 0.2) is 0 Å². The number of nitrogens with zero attached hydrogens (tertiary/aromatic N) is 2. The van der Waals surface area contributed by atoms with Gasteiger partial charge in [-0.25, -0.2) is 4.99 Å². The summed E-state index contributed by atoms with van der Waals surface area (Å²) in [7, 11) is 0. The van der Waals surface area contributed by atoms with Crippen LogP contribution < -0.4 is 0 Å². The first-order valence-corrected chi connectivity index (χ1v) is 9.84. The average Bonchev–Trinajstić information content (AvgIpc) is 2.73. The van der Waals surface area contributed by atoms with E-state index in [2.05, 4.69) is 71.6 Å². The quantitative estimate of drug-likeness (QED) is 0.541. The van der Waals surface area contributed by atoms with Crippen LogP contribution in [0.3, 0.4) is 0 Å². The number of aliphatic imine (C=N–C) groups is 1. The van der Waals surface area contributed by atoms with Crippen molar-refractivity contribution in [3.63, 3.8) is 0 Å². The molecule has 134 valence electrons. The second-order valence-corrected chi connectivity index (χ2v) is 7.91. The third-order valence-electron chi connectivity index (χ3n) is 5.91. The fourth-order valence-electron chi connectivity index (χ4n) is 4.52. The Morgan fingerprint density at radius 1 is 0.852 bits per heavy atom. The smallest absolute Gasteiger partial charge is 0.105 e. The molecule has 3 aromatic rings. The Bertz CT molecular complexity index is 956. The molecule has 0 radical (unpaired) electrons. The Balaban J connectivity index is 1.58. The number of hydrogen-bond acceptors (Lipinski definition) is 2. The molecule has 27 heavy (non-hydrogen) atoms. The summed E-state index contributed by atoms with van der Waals surface area (Å²) < 4.78 is 0. The van der Waals surface area contributed by atoms with Gasteiger partial charge in [0.25, 0.3) is 0 Å². The summed E-state index contributed by atoms with van der Waals surface area (Å²) in [5.74, 6) is 1.19. The van der Waals surface area contributed by atoms with Gasteiger partial charge in [0.05, 0.1) is 5.69 Å². The molecule has 0 unspecified atom stereocenters. The van der Waals surface area contributed by atoms with Crippen molar-refractivity contribution in [3.8, 4) is 0 Å². The average molecular weight is 373 g/mol. The van der Waals surface area contributed by atoms with Crippen LogP contribution in [-0.4, -0.2) is 17.3 Å². The Hall–Kier alpha value is -2.58. The van der Waals surface area contributed by atoms with Crippen molar-refractivity contribution >= 4 is 23.1 Å². The molecule has 0 aromatic heterocycles. The molecule has 0 aliphatic carbocycles. The Labute approximate surface area is 165 Å². The molecule has 0 amide bonds. The predicted molar refractivity (Wildman–Crippen MR) is 112 cm³/mol. The van der Waals surface area contributed by atoms with Crippen LogP contribution in [-0.2, 0) is 12.0 Å². The van der Waals surface area contributed by atoms with Gasteiger partial charge < -0.3 is 4.90 Å². The molecule has 2 aliphatic heterocycles. The van der Waals surface area contributed by atoms with E-state index >= 15 is 0 Å². The summed E-state index contributed by atoms with van der Waals surface area (Å²) in [5, 5.41) is 0.755. The number of rotatable bonds is 2. The number of fused-ring (bicyclic) bond motifs is 2. The Morgan fingerprint density at radius 3 is 2.19 bits per heavy atom. The first kappa shape index (κ1) is 16.6.